The molecule has 0 fully saturated rings. The first-order valence-corrected chi connectivity index (χ1v) is 8.04. The number of carbonyl (C=O) groups is 1. The second-order valence-electron chi connectivity index (χ2n) is 5.27. The predicted molar refractivity (Wildman–Crippen MR) is 93.5 cm³/mol. The smallest absolute Gasteiger partial charge is 0.216 e. The highest BCUT2D eigenvalue weighted by molar-refractivity contribution is 6.30. The Kier molecular flexibility index (Phi) is 5.25. The normalized spacial score (nSPS) is 10.5. The molecular weight excluding hydrogens is 342 g/mol. The van der Waals surface area contributed by atoms with E-state index in [1.807, 2.05) is 24.3 Å². The molecule has 0 radical (unpaired) electrons. The van der Waals surface area contributed by atoms with E-state index in [9.17, 15) is 4.79 Å². The number of hydrogen-bond donors (Lipinski definition) is 1. The number of rotatable bonds is 6. The third kappa shape index (κ3) is 4.77. The van der Waals surface area contributed by atoms with E-state index in [1.165, 1.54) is 11.7 Å². The minimum absolute atomic E-state index is 0.0865. The molecule has 0 bridgehead atoms. The number of ether oxygens (including phenoxy) is 1. The number of amides is 1. The lowest BCUT2D eigenvalue weighted by molar-refractivity contribution is -0.119. The maximum atomic E-state index is 10.8. The Morgan fingerprint density at radius 2 is 1.76 bits per heavy atom. The number of benzene rings is 2. The quantitative estimate of drug-likeness (QED) is 0.733. The zero-order valence-corrected chi connectivity index (χ0v) is 14.3. The largest absolute Gasteiger partial charge is 0.457 e. The van der Waals surface area contributed by atoms with Crippen LogP contribution in [0, 0.1) is 0 Å². The summed E-state index contributed by atoms with van der Waals surface area (Å²) < 4.78 is 5.74. The van der Waals surface area contributed by atoms with Crippen LogP contribution in [-0.2, 0) is 11.3 Å². The molecule has 3 aromatic rings. The third-order valence-corrected chi connectivity index (χ3v) is 3.55. The molecule has 1 heterocycles. The van der Waals surface area contributed by atoms with E-state index in [2.05, 4.69) is 20.7 Å². The van der Waals surface area contributed by atoms with E-state index in [0.29, 0.717) is 35.4 Å². The monoisotopic (exact) mass is 357 g/mol. The first kappa shape index (κ1) is 16.9. The second-order valence-corrected chi connectivity index (χ2v) is 5.71. The van der Waals surface area contributed by atoms with Gasteiger partial charge in [-0.25, -0.2) is 0 Å². The van der Waals surface area contributed by atoms with E-state index in [1.54, 1.807) is 24.3 Å². The van der Waals surface area contributed by atoms with Gasteiger partial charge in [0.05, 0.1) is 6.54 Å². The van der Waals surface area contributed by atoms with Crippen LogP contribution < -0.4 is 10.1 Å². The molecule has 0 saturated heterocycles. The Hall–Kier alpha value is -2.93. The maximum absolute atomic E-state index is 10.8. The van der Waals surface area contributed by atoms with Gasteiger partial charge in [0.25, 0.3) is 0 Å². The third-order valence-electron chi connectivity index (χ3n) is 3.30. The highest BCUT2D eigenvalue weighted by Crippen LogP contribution is 2.25. The summed E-state index contributed by atoms with van der Waals surface area (Å²) in [5.74, 6) is 1.83. The summed E-state index contributed by atoms with van der Waals surface area (Å²) >= 11 is 5.85. The van der Waals surface area contributed by atoms with E-state index in [-0.39, 0.29) is 5.91 Å². The maximum Gasteiger partial charge on any atom is 0.216 e. The first-order valence-electron chi connectivity index (χ1n) is 7.66. The van der Waals surface area contributed by atoms with Crippen molar-refractivity contribution in [3.8, 4) is 22.9 Å². The summed E-state index contributed by atoms with van der Waals surface area (Å²) in [6.07, 6.45) is 0. The Labute approximate surface area is 149 Å². The fraction of sp³-hybridized carbons (Fsp3) is 0.176. The summed E-state index contributed by atoms with van der Waals surface area (Å²) in [5, 5.41) is 15.6. The van der Waals surface area contributed by atoms with Crippen LogP contribution in [0.5, 0.6) is 11.5 Å². The van der Waals surface area contributed by atoms with Crippen LogP contribution in [0.1, 0.15) is 6.92 Å². The lowest BCUT2D eigenvalue weighted by atomic mass is 10.2. The van der Waals surface area contributed by atoms with E-state index >= 15 is 0 Å². The average Bonchev–Trinajstić information content (AvgIpc) is 3.06. The zero-order chi connectivity index (χ0) is 17.6. The molecule has 0 saturated carbocycles. The predicted octanol–water partition coefficient (Wildman–Crippen LogP) is 2.92. The summed E-state index contributed by atoms with van der Waals surface area (Å²) in [5.41, 5.74) is 0.828. The molecular formula is C17H16ClN5O2. The van der Waals surface area contributed by atoms with Gasteiger partial charge in [-0.1, -0.05) is 11.6 Å². The van der Waals surface area contributed by atoms with Crippen LogP contribution >= 0.6 is 11.6 Å². The van der Waals surface area contributed by atoms with Crippen molar-refractivity contribution in [1.29, 1.82) is 0 Å². The Morgan fingerprint density at radius 3 is 2.40 bits per heavy atom. The van der Waals surface area contributed by atoms with Crippen molar-refractivity contribution in [2.75, 3.05) is 6.54 Å². The van der Waals surface area contributed by atoms with Crippen molar-refractivity contribution in [2.45, 2.75) is 13.5 Å². The number of aromatic nitrogens is 4. The van der Waals surface area contributed by atoms with Crippen LogP contribution in [-0.4, -0.2) is 32.7 Å². The van der Waals surface area contributed by atoms with Crippen LogP contribution in [0.15, 0.2) is 48.5 Å². The molecule has 7 nitrogen and oxygen atoms in total. The zero-order valence-electron chi connectivity index (χ0n) is 13.5. The molecule has 3 rings (SSSR count). The summed E-state index contributed by atoms with van der Waals surface area (Å²) in [4.78, 5) is 12.3. The Morgan fingerprint density at radius 1 is 1.12 bits per heavy atom. The molecule has 1 aromatic heterocycles. The summed E-state index contributed by atoms with van der Waals surface area (Å²) in [6, 6.07) is 14.5. The lowest BCUT2D eigenvalue weighted by Crippen LogP contribution is -2.25. The van der Waals surface area contributed by atoms with Gasteiger partial charge in [0.15, 0.2) is 0 Å². The molecule has 0 aliphatic carbocycles. The van der Waals surface area contributed by atoms with Crippen LogP contribution in [0.4, 0.5) is 0 Å². The Bertz CT molecular complexity index is 846. The molecule has 0 unspecified atom stereocenters. The van der Waals surface area contributed by atoms with Gasteiger partial charge >= 0.3 is 0 Å². The van der Waals surface area contributed by atoms with Crippen molar-refractivity contribution >= 4 is 17.5 Å². The van der Waals surface area contributed by atoms with Gasteiger partial charge in [0.1, 0.15) is 11.5 Å². The second kappa shape index (κ2) is 7.76. The van der Waals surface area contributed by atoms with Crippen molar-refractivity contribution in [1.82, 2.24) is 25.5 Å². The van der Waals surface area contributed by atoms with Crippen molar-refractivity contribution < 1.29 is 9.53 Å². The highest BCUT2D eigenvalue weighted by atomic mass is 35.5. The fourth-order valence-corrected chi connectivity index (χ4v) is 2.22. The van der Waals surface area contributed by atoms with Crippen LogP contribution in [0.2, 0.25) is 5.02 Å². The molecule has 1 N–H and O–H groups in total. The van der Waals surface area contributed by atoms with Crippen LogP contribution in [0.3, 0.4) is 0 Å². The first-order chi connectivity index (χ1) is 12.1. The summed E-state index contributed by atoms with van der Waals surface area (Å²) in [6.45, 7) is 2.39. The Balaban J connectivity index is 1.63. The van der Waals surface area contributed by atoms with Gasteiger partial charge in [-0.2, -0.15) is 4.80 Å². The molecule has 1 amide bonds. The van der Waals surface area contributed by atoms with Gasteiger partial charge in [0.2, 0.25) is 11.7 Å². The molecule has 25 heavy (non-hydrogen) atoms. The number of nitrogens with zero attached hydrogens (tertiary/aromatic N) is 4. The standard InChI is InChI=1S/C17H16ClN5O2/c1-12(24)19-10-11-23-21-17(20-22-23)13-2-6-15(7-3-13)25-16-8-4-14(18)5-9-16/h2-9H,10-11H2,1H3,(H,19,24). The molecule has 8 heteroatoms. The minimum atomic E-state index is -0.0865. The number of tetrazole rings is 1. The van der Waals surface area contributed by atoms with Gasteiger partial charge in [-0.15, -0.1) is 10.2 Å². The molecule has 128 valence electrons. The highest BCUT2D eigenvalue weighted by Gasteiger charge is 2.07. The van der Waals surface area contributed by atoms with Crippen molar-refractivity contribution in [3.63, 3.8) is 0 Å². The van der Waals surface area contributed by atoms with E-state index < -0.39 is 0 Å². The summed E-state index contributed by atoms with van der Waals surface area (Å²) in [7, 11) is 0. The van der Waals surface area contributed by atoms with Gasteiger partial charge in [-0.3, -0.25) is 4.79 Å². The van der Waals surface area contributed by atoms with Gasteiger partial charge in [0, 0.05) is 24.1 Å². The SMILES string of the molecule is CC(=O)NCCn1nnc(-c2ccc(Oc3ccc(Cl)cc3)cc2)n1. The average molecular weight is 358 g/mol. The van der Waals surface area contributed by atoms with Gasteiger partial charge < -0.3 is 10.1 Å². The van der Waals surface area contributed by atoms with Crippen LogP contribution in [0.25, 0.3) is 11.4 Å². The number of hydrogen-bond acceptors (Lipinski definition) is 5. The molecule has 0 aliphatic rings. The number of halogens is 1. The van der Waals surface area contributed by atoms with Crippen molar-refractivity contribution in [2.24, 2.45) is 0 Å². The van der Waals surface area contributed by atoms with E-state index in [4.69, 9.17) is 16.3 Å². The molecule has 0 aliphatic heterocycles. The topological polar surface area (TPSA) is 81.9 Å². The molecule has 2 aromatic carbocycles. The minimum Gasteiger partial charge on any atom is -0.457 e. The van der Waals surface area contributed by atoms with E-state index in [0.717, 1.165) is 5.56 Å². The lowest BCUT2D eigenvalue weighted by Gasteiger charge is -2.05. The number of carbonyl (C=O) groups excluding carboxylic acids is 1. The number of nitrogens with one attached hydrogen (secondary N) is 1. The van der Waals surface area contributed by atoms with Gasteiger partial charge in [-0.05, 0) is 53.7 Å². The fourth-order valence-electron chi connectivity index (χ4n) is 2.10. The molecule has 0 spiro atoms. The molecule has 0 atom stereocenters. The van der Waals surface area contributed by atoms with Crippen molar-refractivity contribution in [3.05, 3.63) is 53.6 Å².